The number of fused-ring (bicyclic) bond motifs is 1. The molecular formula is C25H26F3N5O5S. The SMILES string of the molecule is C=C(F)C(=O)NCC1=CN(Cc2cc(OC(F)F)c3c(NS(=O)c4cc(CC)ccc4OC)noc3c2)NC1. The Morgan fingerprint density at radius 3 is 2.77 bits per heavy atom. The smallest absolute Gasteiger partial charge is 0.387 e. The second kappa shape index (κ2) is 12.2. The molecule has 0 fully saturated rings. The molecule has 1 unspecified atom stereocenters. The van der Waals surface area contributed by atoms with Crippen LogP contribution >= 0.6 is 0 Å². The minimum absolute atomic E-state index is 0.0406. The van der Waals surface area contributed by atoms with Crippen LogP contribution in [-0.4, -0.2) is 47.1 Å². The van der Waals surface area contributed by atoms with Crippen molar-refractivity contribution in [2.24, 2.45) is 0 Å². The molecule has 0 saturated carbocycles. The fourth-order valence-electron chi connectivity index (χ4n) is 3.88. The summed E-state index contributed by atoms with van der Waals surface area (Å²) in [6, 6.07) is 8.27. The van der Waals surface area contributed by atoms with Crippen molar-refractivity contribution < 1.29 is 36.2 Å². The quantitative estimate of drug-likeness (QED) is 0.283. The number of ether oxygens (including phenoxy) is 2. The predicted octanol–water partition coefficient (Wildman–Crippen LogP) is 3.94. The molecule has 1 atom stereocenters. The molecule has 0 radical (unpaired) electrons. The number of benzene rings is 2. The van der Waals surface area contributed by atoms with E-state index in [2.05, 4.69) is 27.2 Å². The summed E-state index contributed by atoms with van der Waals surface area (Å²) in [7, 11) is -0.408. The van der Waals surface area contributed by atoms with Crippen molar-refractivity contribution in [1.29, 1.82) is 0 Å². The van der Waals surface area contributed by atoms with Gasteiger partial charge in [-0.2, -0.15) is 8.78 Å². The van der Waals surface area contributed by atoms with Crippen LogP contribution in [0.3, 0.4) is 0 Å². The highest BCUT2D eigenvalue weighted by molar-refractivity contribution is 7.86. The van der Waals surface area contributed by atoms with Crippen molar-refractivity contribution in [2.75, 3.05) is 24.9 Å². The van der Waals surface area contributed by atoms with Crippen LogP contribution in [0.5, 0.6) is 11.5 Å². The van der Waals surface area contributed by atoms with E-state index in [1.165, 1.54) is 13.2 Å². The Bertz CT molecular complexity index is 1440. The summed E-state index contributed by atoms with van der Waals surface area (Å²) in [5, 5.41) is 8.05. The first kappa shape index (κ1) is 28.0. The number of hydrogen-bond donors (Lipinski definition) is 3. The number of carbonyl (C=O) groups excluding carboxylic acids is 1. The second-order valence-electron chi connectivity index (χ2n) is 8.42. The van der Waals surface area contributed by atoms with Crippen molar-refractivity contribution in [3.8, 4) is 11.5 Å². The number of hydrogen-bond acceptors (Lipinski definition) is 8. The molecule has 208 valence electrons. The zero-order valence-corrected chi connectivity index (χ0v) is 21.9. The number of nitrogens with one attached hydrogen (secondary N) is 3. The number of carbonyl (C=O) groups is 1. The van der Waals surface area contributed by atoms with Crippen LogP contribution in [0.1, 0.15) is 18.1 Å². The van der Waals surface area contributed by atoms with E-state index < -0.39 is 29.3 Å². The van der Waals surface area contributed by atoms with Crippen LogP contribution in [0, 0.1) is 0 Å². The topological polar surface area (TPSA) is 118 Å². The number of hydrazine groups is 1. The highest BCUT2D eigenvalue weighted by Gasteiger charge is 2.22. The molecule has 2 aromatic carbocycles. The summed E-state index contributed by atoms with van der Waals surface area (Å²) in [5.41, 5.74) is 5.41. The Morgan fingerprint density at radius 1 is 1.28 bits per heavy atom. The lowest BCUT2D eigenvalue weighted by atomic mass is 10.1. The predicted molar refractivity (Wildman–Crippen MR) is 138 cm³/mol. The van der Waals surface area contributed by atoms with Crippen LogP contribution in [0.2, 0.25) is 0 Å². The Labute approximate surface area is 224 Å². The summed E-state index contributed by atoms with van der Waals surface area (Å²) in [4.78, 5) is 11.7. The van der Waals surface area contributed by atoms with Gasteiger partial charge < -0.3 is 24.3 Å². The van der Waals surface area contributed by atoms with E-state index in [9.17, 15) is 22.2 Å². The van der Waals surface area contributed by atoms with Gasteiger partial charge in [-0.3, -0.25) is 9.52 Å². The molecule has 1 aliphatic heterocycles. The van der Waals surface area contributed by atoms with Crippen LogP contribution < -0.4 is 24.9 Å². The van der Waals surface area contributed by atoms with Crippen LogP contribution in [0.4, 0.5) is 19.0 Å². The Morgan fingerprint density at radius 2 is 2.08 bits per heavy atom. The Hall–Kier alpha value is -4.04. The number of methoxy groups -OCH3 is 1. The summed E-state index contributed by atoms with van der Waals surface area (Å²) >= 11 is 0. The number of aromatic nitrogens is 1. The largest absolute Gasteiger partial charge is 0.495 e. The molecule has 0 aliphatic carbocycles. The minimum atomic E-state index is -3.14. The van der Waals surface area contributed by atoms with E-state index >= 15 is 0 Å². The van der Waals surface area contributed by atoms with Crippen LogP contribution in [0.25, 0.3) is 11.0 Å². The summed E-state index contributed by atoms with van der Waals surface area (Å²) < 4.78 is 70.8. The molecular weight excluding hydrogens is 539 g/mol. The lowest BCUT2D eigenvalue weighted by Gasteiger charge is -2.17. The molecule has 10 nitrogen and oxygen atoms in total. The third-order valence-corrected chi connectivity index (χ3v) is 6.86. The maximum absolute atomic E-state index is 13.3. The number of rotatable bonds is 12. The third kappa shape index (κ3) is 6.70. The first-order valence-corrected chi connectivity index (χ1v) is 12.9. The van der Waals surface area contributed by atoms with Gasteiger partial charge in [-0.15, -0.1) is 0 Å². The van der Waals surface area contributed by atoms with Crippen molar-refractivity contribution in [1.82, 2.24) is 20.9 Å². The Kier molecular flexibility index (Phi) is 8.76. The van der Waals surface area contributed by atoms with Gasteiger partial charge in [-0.25, -0.2) is 14.0 Å². The van der Waals surface area contributed by atoms with E-state index in [-0.39, 0.29) is 35.6 Å². The molecule has 3 N–H and O–H groups in total. The second-order valence-corrected chi connectivity index (χ2v) is 9.61. The first-order valence-electron chi connectivity index (χ1n) is 11.7. The molecule has 3 aromatic rings. The normalized spacial score (nSPS) is 13.9. The maximum atomic E-state index is 13.3. The zero-order valence-electron chi connectivity index (χ0n) is 21.1. The van der Waals surface area contributed by atoms with E-state index in [0.29, 0.717) is 29.2 Å². The summed E-state index contributed by atoms with van der Waals surface area (Å²) in [5.74, 6) is -1.86. The third-order valence-electron chi connectivity index (χ3n) is 5.76. The maximum Gasteiger partial charge on any atom is 0.387 e. The standard InChI is InChI=1S/C25H26F3N5O5S/c1-4-15-5-6-18(36-3)21(9-15)39(35)32-23-22-19(37-25(27)28)7-16(8-20(22)38-31-23)12-33-13-17(11-30-33)10-29-24(34)14(2)26/h5-9,13,25,30H,2,4,10-12H2,1,3H3,(H,29,34)(H,31,32). The highest BCUT2D eigenvalue weighted by atomic mass is 32.2. The zero-order chi connectivity index (χ0) is 28.1. The lowest BCUT2D eigenvalue weighted by molar-refractivity contribution is -0.118. The number of halogens is 3. The fourth-order valence-corrected chi connectivity index (χ4v) is 4.90. The first-order chi connectivity index (χ1) is 18.7. The molecule has 4 rings (SSSR count). The minimum Gasteiger partial charge on any atom is -0.495 e. The van der Waals surface area contributed by atoms with E-state index in [1.54, 1.807) is 29.4 Å². The molecule has 0 saturated heterocycles. The summed E-state index contributed by atoms with van der Waals surface area (Å²) in [6.07, 6.45) is 2.41. The van der Waals surface area contributed by atoms with Gasteiger partial charge in [-0.05, 0) is 47.4 Å². The van der Waals surface area contributed by atoms with Gasteiger partial charge in [0.15, 0.2) is 28.2 Å². The molecule has 1 aliphatic rings. The van der Waals surface area contributed by atoms with Crippen LogP contribution in [-0.2, 0) is 28.7 Å². The molecule has 39 heavy (non-hydrogen) atoms. The molecule has 2 heterocycles. The number of aryl methyl sites for hydroxylation is 1. The van der Waals surface area contributed by atoms with Gasteiger partial charge in [0.05, 0.1) is 13.7 Å². The number of alkyl halides is 2. The molecule has 1 amide bonds. The molecule has 1 aromatic heterocycles. The van der Waals surface area contributed by atoms with Gasteiger partial charge in [0.25, 0.3) is 5.91 Å². The van der Waals surface area contributed by atoms with Gasteiger partial charge in [0, 0.05) is 19.3 Å². The number of amides is 1. The van der Waals surface area contributed by atoms with Gasteiger partial charge >= 0.3 is 6.61 Å². The average Bonchev–Trinajstić information content (AvgIpc) is 3.53. The monoisotopic (exact) mass is 565 g/mol. The molecule has 14 heteroatoms. The Balaban J connectivity index is 1.57. The summed E-state index contributed by atoms with van der Waals surface area (Å²) in [6.45, 7) is 2.45. The van der Waals surface area contributed by atoms with Crippen molar-refractivity contribution in [3.05, 3.63) is 65.6 Å². The fraction of sp³-hybridized carbons (Fsp3) is 0.280. The lowest BCUT2D eigenvalue weighted by Crippen LogP contribution is -2.29. The molecule has 0 bridgehead atoms. The van der Waals surface area contributed by atoms with E-state index in [4.69, 9.17) is 14.0 Å². The van der Waals surface area contributed by atoms with E-state index in [0.717, 1.165) is 11.1 Å². The van der Waals surface area contributed by atoms with Gasteiger partial charge in [0.2, 0.25) is 0 Å². The van der Waals surface area contributed by atoms with Gasteiger partial charge in [0.1, 0.15) is 21.8 Å². The van der Waals surface area contributed by atoms with Crippen molar-refractivity contribution in [3.63, 3.8) is 0 Å². The number of nitrogens with zero attached hydrogens (tertiary/aromatic N) is 2. The van der Waals surface area contributed by atoms with Crippen molar-refractivity contribution in [2.45, 2.75) is 31.4 Å². The molecule has 0 spiro atoms. The van der Waals surface area contributed by atoms with Crippen molar-refractivity contribution >= 4 is 33.7 Å². The van der Waals surface area contributed by atoms with Crippen LogP contribution in [0.15, 0.2) is 63.9 Å². The van der Waals surface area contributed by atoms with Gasteiger partial charge in [-0.1, -0.05) is 24.7 Å². The highest BCUT2D eigenvalue weighted by Crippen LogP contribution is 2.36. The van der Waals surface area contributed by atoms with E-state index in [1.807, 2.05) is 13.0 Å². The average molecular weight is 566 g/mol. The number of anilines is 1.